The fourth-order valence-electron chi connectivity index (χ4n) is 2.30. The largest absolute Gasteiger partial charge is 0.357 e. The van der Waals surface area contributed by atoms with Crippen molar-refractivity contribution in [1.29, 1.82) is 0 Å². The number of guanidine groups is 1. The van der Waals surface area contributed by atoms with Gasteiger partial charge in [0.1, 0.15) is 5.01 Å². The van der Waals surface area contributed by atoms with E-state index in [0.29, 0.717) is 18.4 Å². The van der Waals surface area contributed by atoms with Crippen LogP contribution in [0.25, 0.3) is 0 Å². The van der Waals surface area contributed by atoms with Crippen LogP contribution in [0.15, 0.2) is 40.7 Å². The molecule has 1 aromatic carbocycles. The van der Waals surface area contributed by atoms with Gasteiger partial charge in [-0.3, -0.25) is 0 Å². The highest BCUT2D eigenvalue weighted by molar-refractivity contribution is 7.09. The molecular formula is C19H28N4S. The van der Waals surface area contributed by atoms with E-state index >= 15 is 0 Å². The SMILES string of the molecule is CCNC(=NCc1nc(C(C)C)cs1)NCC(C)c1ccccc1. The molecule has 130 valence electrons. The van der Waals surface area contributed by atoms with Crippen LogP contribution >= 0.6 is 11.3 Å². The van der Waals surface area contributed by atoms with Gasteiger partial charge in [0.15, 0.2) is 5.96 Å². The number of aromatic nitrogens is 1. The Morgan fingerprint density at radius 3 is 2.54 bits per heavy atom. The molecule has 0 fully saturated rings. The Morgan fingerprint density at radius 1 is 1.17 bits per heavy atom. The van der Waals surface area contributed by atoms with Gasteiger partial charge in [0, 0.05) is 18.5 Å². The van der Waals surface area contributed by atoms with Gasteiger partial charge in [0.05, 0.1) is 12.2 Å². The van der Waals surface area contributed by atoms with E-state index in [9.17, 15) is 0 Å². The third-order valence-electron chi connectivity index (χ3n) is 3.82. The lowest BCUT2D eigenvalue weighted by Gasteiger charge is -2.16. The number of thiazole rings is 1. The van der Waals surface area contributed by atoms with Crippen molar-refractivity contribution in [2.24, 2.45) is 4.99 Å². The van der Waals surface area contributed by atoms with E-state index in [4.69, 9.17) is 0 Å². The van der Waals surface area contributed by atoms with E-state index in [1.165, 1.54) is 5.56 Å². The molecule has 2 rings (SSSR count). The summed E-state index contributed by atoms with van der Waals surface area (Å²) in [7, 11) is 0. The summed E-state index contributed by atoms with van der Waals surface area (Å²) in [4.78, 5) is 9.30. The van der Waals surface area contributed by atoms with Crippen LogP contribution in [0.2, 0.25) is 0 Å². The summed E-state index contributed by atoms with van der Waals surface area (Å²) >= 11 is 1.69. The molecule has 0 aliphatic carbocycles. The maximum atomic E-state index is 4.66. The van der Waals surface area contributed by atoms with Crippen LogP contribution in [0.1, 0.15) is 55.8 Å². The first-order chi connectivity index (χ1) is 11.6. The first-order valence-corrected chi connectivity index (χ1v) is 9.49. The third-order valence-corrected chi connectivity index (χ3v) is 4.67. The fourth-order valence-corrected chi connectivity index (χ4v) is 3.18. The zero-order valence-electron chi connectivity index (χ0n) is 15.0. The Morgan fingerprint density at radius 2 is 1.92 bits per heavy atom. The molecule has 5 heteroatoms. The van der Waals surface area contributed by atoms with Gasteiger partial charge in [-0.05, 0) is 24.3 Å². The molecule has 0 aliphatic heterocycles. The molecule has 0 amide bonds. The minimum absolute atomic E-state index is 0.433. The predicted octanol–water partition coefficient (Wildman–Crippen LogP) is 4.13. The average Bonchev–Trinajstić information content (AvgIpc) is 3.07. The van der Waals surface area contributed by atoms with Crippen molar-refractivity contribution in [2.75, 3.05) is 13.1 Å². The molecule has 1 atom stereocenters. The second kappa shape index (κ2) is 9.42. The van der Waals surface area contributed by atoms with Gasteiger partial charge < -0.3 is 10.6 Å². The van der Waals surface area contributed by atoms with Crippen molar-refractivity contribution in [3.63, 3.8) is 0 Å². The van der Waals surface area contributed by atoms with Gasteiger partial charge in [0.2, 0.25) is 0 Å². The highest BCUT2D eigenvalue weighted by Crippen LogP contribution is 2.18. The zero-order chi connectivity index (χ0) is 17.4. The van der Waals surface area contributed by atoms with Crippen molar-refractivity contribution in [1.82, 2.24) is 15.6 Å². The molecule has 24 heavy (non-hydrogen) atoms. The fraction of sp³-hybridized carbons (Fsp3) is 0.474. The van der Waals surface area contributed by atoms with E-state index in [1.54, 1.807) is 11.3 Å². The normalized spacial score (nSPS) is 13.1. The van der Waals surface area contributed by atoms with Crippen LogP contribution in [0, 0.1) is 0 Å². The molecule has 0 saturated heterocycles. The van der Waals surface area contributed by atoms with Gasteiger partial charge in [-0.15, -0.1) is 11.3 Å². The molecule has 0 bridgehead atoms. The van der Waals surface area contributed by atoms with Crippen LogP contribution in [0.3, 0.4) is 0 Å². The second-order valence-corrected chi connectivity index (χ2v) is 7.15. The van der Waals surface area contributed by atoms with E-state index in [2.05, 4.69) is 84.0 Å². The lowest BCUT2D eigenvalue weighted by atomic mass is 10.0. The number of nitrogens with zero attached hydrogens (tertiary/aromatic N) is 2. The molecule has 4 nitrogen and oxygen atoms in total. The zero-order valence-corrected chi connectivity index (χ0v) is 15.9. The second-order valence-electron chi connectivity index (χ2n) is 6.21. The van der Waals surface area contributed by atoms with Crippen LogP contribution in [0.4, 0.5) is 0 Å². The van der Waals surface area contributed by atoms with Gasteiger partial charge in [-0.2, -0.15) is 0 Å². The van der Waals surface area contributed by atoms with Crippen LogP contribution in [-0.2, 0) is 6.54 Å². The molecule has 0 saturated carbocycles. The Bertz CT molecular complexity index is 634. The Kier molecular flexibility index (Phi) is 7.25. The van der Waals surface area contributed by atoms with E-state index in [1.807, 2.05) is 0 Å². The van der Waals surface area contributed by atoms with Crippen LogP contribution in [0.5, 0.6) is 0 Å². The molecule has 1 aromatic heterocycles. The average molecular weight is 345 g/mol. The van der Waals surface area contributed by atoms with Crippen molar-refractivity contribution in [3.05, 3.63) is 52.0 Å². The molecule has 1 unspecified atom stereocenters. The summed E-state index contributed by atoms with van der Waals surface area (Å²) in [6, 6.07) is 10.5. The number of hydrogen-bond donors (Lipinski definition) is 2. The monoisotopic (exact) mass is 344 g/mol. The van der Waals surface area contributed by atoms with Crippen LogP contribution < -0.4 is 10.6 Å². The van der Waals surface area contributed by atoms with Gasteiger partial charge >= 0.3 is 0 Å². The molecule has 0 aliphatic rings. The van der Waals surface area contributed by atoms with Crippen molar-refractivity contribution in [3.8, 4) is 0 Å². The van der Waals surface area contributed by atoms with Crippen molar-refractivity contribution in [2.45, 2.75) is 46.1 Å². The number of rotatable bonds is 7. The van der Waals surface area contributed by atoms with Crippen molar-refractivity contribution >= 4 is 17.3 Å². The molecule has 1 heterocycles. The maximum Gasteiger partial charge on any atom is 0.191 e. The number of hydrogen-bond acceptors (Lipinski definition) is 3. The molecule has 0 spiro atoms. The lowest BCUT2D eigenvalue weighted by molar-refractivity contribution is 0.699. The van der Waals surface area contributed by atoms with Gasteiger partial charge in [0.25, 0.3) is 0 Å². The first-order valence-electron chi connectivity index (χ1n) is 8.61. The maximum absolute atomic E-state index is 4.66. The topological polar surface area (TPSA) is 49.3 Å². The minimum Gasteiger partial charge on any atom is -0.357 e. The quantitative estimate of drug-likeness (QED) is 0.586. The minimum atomic E-state index is 0.433. The summed E-state index contributed by atoms with van der Waals surface area (Å²) in [5.41, 5.74) is 2.49. The highest BCUT2D eigenvalue weighted by atomic mass is 32.1. The lowest BCUT2D eigenvalue weighted by Crippen LogP contribution is -2.39. The van der Waals surface area contributed by atoms with Crippen LogP contribution in [-0.4, -0.2) is 24.0 Å². The third kappa shape index (κ3) is 5.64. The van der Waals surface area contributed by atoms with E-state index in [-0.39, 0.29) is 0 Å². The molecule has 2 aromatic rings. The summed E-state index contributed by atoms with van der Waals surface area (Å²) in [5.74, 6) is 1.75. The molecular weight excluding hydrogens is 316 g/mol. The van der Waals surface area contributed by atoms with Gasteiger partial charge in [-0.25, -0.2) is 9.98 Å². The smallest absolute Gasteiger partial charge is 0.191 e. The summed E-state index contributed by atoms with van der Waals surface area (Å²) in [6.45, 7) is 11.0. The molecule has 2 N–H and O–H groups in total. The Labute approximate surface area is 149 Å². The first kappa shape index (κ1) is 18.5. The summed E-state index contributed by atoms with van der Waals surface area (Å²) in [6.07, 6.45) is 0. The van der Waals surface area contributed by atoms with E-state index in [0.717, 1.165) is 29.8 Å². The van der Waals surface area contributed by atoms with Gasteiger partial charge in [-0.1, -0.05) is 51.1 Å². The molecule has 0 radical (unpaired) electrons. The van der Waals surface area contributed by atoms with Crippen molar-refractivity contribution < 1.29 is 0 Å². The standard InChI is InChI=1S/C19H28N4S/c1-5-20-19(21-11-15(4)16-9-7-6-8-10-16)22-12-18-23-17(13-24-18)14(2)3/h6-10,13-15H,5,11-12H2,1-4H3,(H2,20,21,22). The highest BCUT2D eigenvalue weighted by Gasteiger charge is 2.08. The summed E-state index contributed by atoms with van der Waals surface area (Å²) in [5, 5.41) is 9.93. The number of nitrogens with one attached hydrogen (secondary N) is 2. The number of benzene rings is 1. The Hall–Kier alpha value is -1.88. The summed E-state index contributed by atoms with van der Waals surface area (Å²) < 4.78 is 0. The Balaban J connectivity index is 1.92. The predicted molar refractivity (Wildman–Crippen MR) is 104 cm³/mol. The van der Waals surface area contributed by atoms with E-state index < -0.39 is 0 Å². The number of aliphatic imine (C=N–C) groups is 1.